The molecule has 1 aromatic rings. The van der Waals surface area contributed by atoms with E-state index in [-0.39, 0.29) is 6.04 Å². The molecule has 1 aromatic carbocycles. The van der Waals surface area contributed by atoms with E-state index in [2.05, 4.69) is 6.26 Å². The lowest BCUT2D eigenvalue weighted by Crippen LogP contribution is -2.18. The molecule has 0 saturated heterocycles. The molecular formula is C12H18ClNOS. The number of thioether (sulfide) groups is 1. The van der Waals surface area contributed by atoms with Crippen LogP contribution in [0.15, 0.2) is 18.2 Å². The molecule has 4 heteroatoms. The maximum absolute atomic E-state index is 6.15. The van der Waals surface area contributed by atoms with Crippen molar-refractivity contribution < 1.29 is 4.74 Å². The van der Waals surface area contributed by atoms with E-state index < -0.39 is 0 Å². The molecule has 90 valence electrons. The first-order valence-electron chi connectivity index (χ1n) is 5.30. The van der Waals surface area contributed by atoms with E-state index in [1.165, 1.54) is 0 Å². The van der Waals surface area contributed by atoms with E-state index in [4.69, 9.17) is 22.1 Å². The molecular weight excluding hydrogens is 242 g/mol. The number of ether oxygens (including phenoxy) is 1. The van der Waals surface area contributed by atoms with Gasteiger partial charge in [0.05, 0.1) is 6.61 Å². The van der Waals surface area contributed by atoms with Gasteiger partial charge in [-0.15, -0.1) is 0 Å². The van der Waals surface area contributed by atoms with Crippen molar-refractivity contribution in [1.29, 1.82) is 0 Å². The average Bonchev–Trinajstić information content (AvgIpc) is 2.23. The quantitative estimate of drug-likeness (QED) is 0.798. The Morgan fingerprint density at radius 1 is 1.50 bits per heavy atom. The predicted octanol–water partition coefficient (Wildman–Crippen LogP) is 2.97. The highest BCUT2D eigenvalue weighted by Gasteiger charge is 2.09. The van der Waals surface area contributed by atoms with Crippen molar-refractivity contribution in [2.24, 2.45) is 5.73 Å². The third-order valence-electron chi connectivity index (χ3n) is 2.15. The monoisotopic (exact) mass is 259 g/mol. The van der Waals surface area contributed by atoms with Gasteiger partial charge < -0.3 is 10.5 Å². The Morgan fingerprint density at radius 3 is 2.88 bits per heavy atom. The fraction of sp³-hybridized carbons (Fsp3) is 0.500. The van der Waals surface area contributed by atoms with Crippen LogP contribution in [0.2, 0.25) is 5.02 Å². The zero-order valence-corrected chi connectivity index (χ0v) is 11.3. The van der Waals surface area contributed by atoms with E-state index in [0.29, 0.717) is 6.61 Å². The summed E-state index contributed by atoms with van der Waals surface area (Å²) >= 11 is 7.91. The van der Waals surface area contributed by atoms with E-state index in [1.807, 2.05) is 25.1 Å². The van der Waals surface area contributed by atoms with Crippen LogP contribution in [0.3, 0.4) is 0 Å². The Bertz CT molecular complexity index is 331. The lowest BCUT2D eigenvalue weighted by atomic mass is 10.1. The van der Waals surface area contributed by atoms with Gasteiger partial charge >= 0.3 is 0 Å². The smallest absolute Gasteiger partial charge is 0.124 e. The Balaban J connectivity index is 2.76. The Hall–Kier alpha value is -0.380. The van der Waals surface area contributed by atoms with Crippen LogP contribution in [0, 0.1) is 0 Å². The molecule has 2 nitrogen and oxygen atoms in total. The predicted molar refractivity (Wildman–Crippen MR) is 72.7 cm³/mol. The highest BCUT2D eigenvalue weighted by Crippen LogP contribution is 2.27. The van der Waals surface area contributed by atoms with E-state index in [0.717, 1.165) is 28.5 Å². The largest absolute Gasteiger partial charge is 0.492 e. The van der Waals surface area contributed by atoms with Gasteiger partial charge in [0.1, 0.15) is 5.75 Å². The third kappa shape index (κ3) is 4.24. The van der Waals surface area contributed by atoms with Gasteiger partial charge in [-0.1, -0.05) is 17.7 Å². The van der Waals surface area contributed by atoms with Gasteiger partial charge in [0, 0.05) is 22.4 Å². The minimum Gasteiger partial charge on any atom is -0.492 e. The Morgan fingerprint density at radius 2 is 2.25 bits per heavy atom. The van der Waals surface area contributed by atoms with Crippen molar-refractivity contribution in [2.45, 2.75) is 19.4 Å². The molecule has 0 bridgehead atoms. The maximum atomic E-state index is 6.15. The van der Waals surface area contributed by atoms with Crippen molar-refractivity contribution >= 4 is 23.4 Å². The van der Waals surface area contributed by atoms with Crippen LogP contribution in [0.1, 0.15) is 12.5 Å². The fourth-order valence-electron chi connectivity index (χ4n) is 1.43. The van der Waals surface area contributed by atoms with E-state index >= 15 is 0 Å². The van der Waals surface area contributed by atoms with E-state index in [9.17, 15) is 0 Å². The van der Waals surface area contributed by atoms with Crippen LogP contribution in [-0.2, 0) is 6.42 Å². The van der Waals surface area contributed by atoms with Crippen molar-refractivity contribution in [3.8, 4) is 5.75 Å². The molecule has 0 radical (unpaired) electrons. The second-order valence-corrected chi connectivity index (χ2v) is 5.13. The van der Waals surface area contributed by atoms with Gasteiger partial charge in [-0.25, -0.2) is 0 Å². The topological polar surface area (TPSA) is 35.2 Å². The van der Waals surface area contributed by atoms with Crippen LogP contribution < -0.4 is 10.5 Å². The molecule has 1 rings (SSSR count). The van der Waals surface area contributed by atoms with Gasteiger partial charge in [-0.3, -0.25) is 0 Å². The zero-order valence-electron chi connectivity index (χ0n) is 9.70. The summed E-state index contributed by atoms with van der Waals surface area (Å²) < 4.78 is 5.70. The third-order valence-corrected chi connectivity index (χ3v) is 3.08. The second kappa shape index (κ2) is 7.05. The van der Waals surface area contributed by atoms with Crippen molar-refractivity contribution in [2.75, 3.05) is 18.6 Å². The van der Waals surface area contributed by atoms with Crippen LogP contribution >= 0.6 is 23.4 Å². The normalized spacial score (nSPS) is 12.5. The van der Waals surface area contributed by atoms with Crippen molar-refractivity contribution in [1.82, 2.24) is 0 Å². The molecule has 0 saturated carbocycles. The first-order valence-corrected chi connectivity index (χ1v) is 7.07. The molecule has 0 aliphatic heterocycles. The van der Waals surface area contributed by atoms with Crippen molar-refractivity contribution in [3.05, 3.63) is 28.8 Å². The highest BCUT2D eigenvalue weighted by atomic mass is 35.5. The minimum absolute atomic E-state index is 0.0859. The lowest BCUT2D eigenvalue weighted by molar-refractivity contribution is 0.339. The molecule has 0 fully saturated rings. The number of rotatable bonds is 6. The number of nitrogens with two attached hydrogens (primary N) is 1. The first kappa shape index (κ1) is 13.7. The summed E-state index contributed by atoms with van der Waals surface area (Å²) in [4.78, 5) is 0. The van der Waals surface area contributed by atoms with Crippen LogP contribution in [-0.4, -0.2) is 24.7 Å². The number of hydrogen-bond donors (Lipinski definition) is 1. The number of halogens is 1. The first-order chi connectivity index (χ1) is 7.65. The molecule has 0 amide bonds. The molecule has 16 heavy (non-hydrogen) atoms. The summed E-state index contributed by atoms with van der Waals surface area (Å²) in [5, 5.41) is 0.735. The van der Waals surface area contributed by atoms with E-state index in [1.54, 1.807) is 11.8 Å². The zero-order chi connectivity index (χ0) is 12.0. The molecule has 0 aliphatic rings. The second-order valence-electron chi connectivity index (χ2n) is 3.74. The van der Waals surface area contributed by atoms with Crippen LogP contribution in [0.5, 0.6) is 5.75 Å². The average molecular weight is 260 g/mol. The lowest BCUT2D eigenvalue weighted by Gasteiger charge is -2.14. The fourth-order valence-corrected chi connectivity index (χ4v) is 1.92. The maximum Gasteiger partial charge on any atom is 0.124 e. The summed E-state index contributed by atoms with van der Waals surface area (Å²) in [7, 11) is 0. The highest BCUT2D eigenvalue weighted by molar-refractivity contribution is 7.98. The molecule has 0 aliphatic carbocycles. The van der Waals surface area contributed by atoms with Gasteiger partial charge in [0.25, 0.3) is 0 Å². The summed E-state index contributed by atoms with van der Waals surface area (Å²) in [5.41, 5.74) is 6.81. The van der Waals surface area contributed by atoms with Gasteiger partial charge in [0.2, 0.25) is 0 Å². The van der Waals surface area contributed by atoms with Crippen molar-refractivity contribution in [3.63, 3.8) is 0 Å². The summed E-state index contributed by atoms with van der Waals surface area (Å²) in [6.45, 7) is 2.67. The van der Waals surface area contributed by atoms with Gasteiger partial charge in [-0.05, 0) is 31.7 Å². The Labute approximate surface area is 107 Å². The number of benzene rings is 1. The molecule has 2 N–H and O–H groups in total. The standard InChI is InChI=1S/C12H18ClNOS/c1-9(14)8-10-11(13)4-3-5-12(10)15-6-7-16-2/h3-5,9H,6-8,14H2,1-2H3. The van der Waals surface area contributed by atoms with Crippen LogP contribution in [0.25, 0.3) is 0 Å². The molecule has 1 unspecified atom stereocenters. The number of hydrogen-bond acceptors (Lipinski definition) is 3. The molecule has 1 atom stereocenters. The molecule has 0 spiro atoms. The minimum atomic E-state index is 0.0859. The molecule has 0 heterocycles. The summed E-state index contributed by atoms with van der Waals surface area (Å²) in [6.07, 6.45) is 2.80. The Kier molecular flexibility index (Phi) is 6.03. The van der Waals surface area contributed by atoms with Gasteiger partial charge in [0.15, 0.2) is 0 Å². The summed E-state index contributed by atoms with van der Waals surface area (Å²) in [5.74, 6) is 1.84. The molecule has 0 aromatic heterocycles. The summed E-state index contributed by atoms with van der Waals surface area (Å²) in [6, 6.07) is 5.81. The SMILES string of the molecule is CSCCOc1cccc(Cl)c1CC(C)N. The van der Waals surface area contributed by atoms with Crippen LogP contribution in [0.4, 0.5) is 0 Å². The van der Waals surface area contributed by atoms with Gasteiger partial charge in [-0.2, -0.15) is 11.8 Å².